The van der Waals surface area contributed by atoms with Crippen molar-refractivity contribution in [3.8, 4) is 0 Å². The third kappa shape index (κ3) is 7.65. The highest BCUT2D eigenvalue weighted by atomic mass is 16.6. The van der Waals surface area contributed by atoms with E-state index in [-0.39, 0.29) is 44.5 Å². The van der Waals surface area contributed by atoms with Crippen LogP contribution in [0.25, 0.3) is 0 Å². The molecule has 0 unspecified atom stereocenters. The van der Waals surface area contributed by atoms with E-state index < -0.39 is 5.97 Å². The third-order valence-corrected chi connectivity index (χ3v) is 4.09. The van der Waals surface area contributed by atoms with Crippen LogP contribution in [0, 0.1) is 0 Å². The van der Waals surface area contributed by atoms with E-state index in [1.54, 1.807) is 11.8 Å². The minimum absolute atomic E-state index is 0.100. The first-order chi connectivity index (χ1) is 13.1. The number of nitrogens with zero attached hydrogens (tertiary/aromatic N) is 1. The van der Waals surface area contributed by atoms with Crippen LogP contribution >= 0.6 is 0 Å². The van der Waals surface area contributed by atoms with Gasteiger partial charge in [-0.25, -0.2) is 4.79 Å². The predicted molar refractivity (Wildman–Crippen MR) is 96.8 cm³/mol. The number of benzene rings is 1. The molecular weight excluding hydrogens is 352 g/mol. The number of likely N-dealkylation sites (tertiary alicyclic amines) is 1. The lowest BCUT2D eigenvalue weighted by molar-refractivity contribution is -0.144. The molecular formula is C19H26N2O6. The number of hydrogen-bond acceptors (Lipinski definition) is 6. The number of carbonyl (C=O) groups excluding carboxylic acids is 3. The summed E-state index contributed by atoms with van der Waals surface area (Å²) >= 11 is 0. The zero-order valence-electron chi connectivity index (χ0n) is 15.5. The fourth-order valence-corrected chi connectivity index (χ4v) is 2.64. The second-order valence-electron chi connectivity index (χ2n) is 6.12. The summed E-state index contributed by atoms with van der Waals surface area (Å²) in [5, 5.41) is 2.44. The third-order valence-electron chi connectivity index (χ3n) is 4.09. The molecule has 1 aliphatic heterocycles. The van der Waals surface area contributed by atoms with Gasteiger partial charge in [0.1, 0.15) is 19.8 Å². The first-order valence-corrected chi connectivity index (χ1v) is 9.08. The molecule has 0 aliphatic carbocycles. The van der Waals surface area contributed by atoms with Crippen LogP contribution in [0.2, 0.25) is 0 Å². The molecule has 1 saturated heterocycles. The van der Waals surface area contributed by atoms with E-state index in [2.05, 4.69) is 5.32 Å². The zero-order valence-corrected chi connectivity index (χ0v) is 15.5. The average Bonchev–Trinajstić information content (AvgIpc) is 2.70. The van der Waals surface area contributed by atoms with Gasteiger partial charge in [-0.1, -0.05) is 30.3 Å². The molecule has 1 aliphatic rings. The largest absolute Gasteiger partial charge is 0.465 e. The monoisotopic (exact) mass is 378 g/mol. The van der Waals surface area contributed by atoms with Crippen LogP contribution in [0.4, 0.5) is 4.79 Å². The summed E-state index contributed by atoms with van der Waals surface area (Å²) in [7, 11) is 0. The van der Waals surface area contributed by atoms with Crippen LogP contribution in [0.1, 0.15) is 25.3 Å². The van der Waals surface area contributed by atoms with Crippen LogP contribution in [-0.4, -0.2) is 61.8 Å². The topological polar surface area (TPSA) is 94.2 Å². The van der Waals surface area contributed by atoms with E-state index in [1.807, 2.05) is 30.3 Å². The minimum atomic E-state index is -0.479. The Hall–Kier alpha value is -2.61. The van der Waals surface area contributed by atoms with Crippen molar-refractivity contribution < 1.29 is 28.6 Å². The standard InChI is InChI=1S/C19H26N2O6/c1-2-25-18(23)12-20-17(22)14-26-16-8-10-21(11-9-16)19(24)27-13-15-6-4-3-5-7-15/h3-7,16H,2,8-14H2,1H3,(H,20,22). The van der Waals surface area contributed by atoms with Gasteiger partial charge in [0.15, 0.2) is 0 Å². The Bertz CT molecular complexity index is 614. The summed E-state index contributed by atoms with van der Waals surface area (Å²) in [5.41, 5.74) is 0.943. The molecule has 0 saturated carbocycles. The van der Waals surface area contributed by atoms with Crippen LogP contribution in [0.5, 0.6) is 0 Å². The van der Waals surface area contributed by atoms with Crippen molar-refractivity contribution in [1.82, 2.24) is 10.2 Å². The maximum absolute atomic E-state index is 12.1. The first-order valence-electron chi connectivity index (χ1n) is 9.08. The number of esters is 1. The van der Waals surface area contributed by atoms with Gasteiger partial charge in [-0.05, 0) is 25.3 Å². The fraction of sp³-hybridized carbons (Fsp3) is 0.526. The normalized spacial score (nSPS) is 14.5. The molecule has 1 aromatic carbocycles. The van der Waals surface area contributed by atoms with Crippen molar-refractivity contribution in [2.75, 3.05) is 32.8 Å². The van der Waals surface area contributed by atoms with Crippen molar-refractivity contribution in [3.63, 3.8) is 0 Å². The van der Waals surface area contributed by atoms with Gasteiger partial charge in [-0.2, -0.15) is 0 Å². The average molecular weight is 378 g/mol. The SMILES string of the molecule is CCOC(=O)CNC(=O)COC1CCN(C(=O)OCc2ccccc2)CC1. The highest BCUT2D eigenvalue weighted by molar-refractivity contribution is 5.82. The molecule has 0 atom stereocenters. The second-order valence-corrected chi connectivity index (χ2v) is 6.12. The van der Waals surface area contributed by atoms with Crippen LogP contribution < -0.4 is 5.32 Å². The highest BCUT2D eigenvalue weighted by Gasteiger charge is 2.24. The van der Waals surface area contributed by atoms with Crippen LogP contribution in [0.3, 0.4) is 0 Å². The molecule has 27 heavy (non-hydrogen) atoms. The highest BCUT2D eigenvalue weighted by Crippen LogP contribution is 2.15. The summed E-state index contributed by atoms with van der Waals surface area (Å²) in [6.45, 7) is 2.97. The Kier molecular flexibility index (Phi) is 8.57. The molecule has 0 bridgehead atoms. The molecule has 0 radical (unpaired) electrons. The zero-order chi connectivity index (χ0) is 19.5. The van der Waals surface area contributed by atoms with E-state index >= 15 is 0 Å². The molecule has 1 N–H and O–H groups in total. The van der Waals surface area contributed by atoms with Gasteiger partial charge in [0.05, 0.1) is 12.7 Å². The quantitative estimate of drug-likeness (QED) is 0.689. The van der Waals surface area contributed by atoms with Gasteiger partial charge in [0.2, 0.25) is 5.91 Å². The van der Waals surface area contributed by atoms with E-state index in [4.69, 9.17) is 14.2 Å². The Labute approximate surface area is 158 Å². The van der Waals surface area contributed by atoms with E-state index in [0.29, 0.717) is 25.9 Å². The van der Waals surface area contributed by atoms with Gasteiger partial charge in [-0.3, -0.25) is 9.59 Å². The smallest absolute Gasteiger partial charge is 0.410 e. The summed E-state index contributed by atoms with van der Waals surface area (Å²) < 4.78 is 15.6. The second kappa shape index (κ2) is 11.2. The number of amides is 2. The Morgan fingerprint density at radius 2 is 1.81 bits per heavy atom. The summed E-state index contributed by atoms with van der Waals surface area (Å²) in [5.74, 6) is -0.846. The summed E-state index contributed by atoms with van der Waals surface area (Å²) in [6.07, 6.45) is 0.818. The van der Waals surface area contributed by atoms with Crippen molar-refractivity contribution in [2.45, 2.75) is 32.5 Å². The van der Waals surface area contributed by atoms with E-state index in [1.165, 1.54) is 0 Å². The number of hydrogen-bond donors (Lipinski definition) is 1. The van der Waals surface area contributed by atoms with Crippen LogP contribution in [0.15, 0.2) is 30.3 Å². The fourth-order valence-electron chi connectivity index (χ4n) is 2.64. The molecule has 8 nitrogen and oxygen atoms in total. The molecule has 2 amide bonds. The Balaban J connectivity index is 1.60. The molecule has 1 heterocycles. The van der Waals surface area contributed by atoms with Gasteiger partial charge in [0, 0.05) is 13.1 Å². The number of ether oxygens (including phenoxy) is 3. The Morgan fingerprint density at radius 1 is 1.11 bits per heavy atom. The molecule has 0 spiro atoms. The molecule has 0 aromatic heterocycles. The van der Waals surface area contributed by atoms with Crippen molar-refractivity contribution in [2.24, 2.45) is 0 Å². The summed E-state index contributed by atoms with van der Waals surface area (Å²) in [6, 6.07) is 9.51. The first kappa shape index (κ1) is 20.7. The van der Waals surface area contributed by atoms with E-state index in [0.717, 1.165) is 5.56 Å². The van der Waals surface area contributed by atoms with Crippen molar-refractivity contribution in [1.29, 1.82) is 0 Å². The molecule has 2 rings (SSSR count). The van der Waals surface area contributed by atoms with Gasteiger partial charge in [0.25, 0.3) is 0 Å². The minimum Gasteiger partial charge on any atom is -0.465 e. The van der Waals surface area contributed by atoms with Gasteiger partial charge >= 0.3 is 12.1 Å². The number of rotatable bonds is 8. The number of piperidine rings is 1. The molecule has 148 valence electrons. The maximum atomic E-state index is 12.1. The number of carbonyl (C=O) groups is 3. The maximum Gasteiger partial charge on any atom is 0.410 e. The molecule has 1 aromatic rings. The predicted octanol–water partition coefficient (Wildman–Crippen LogP) is 1.48. The lowest BCUT2D eigenvalue weighted by Gasteiger charge is -2.31. The van der Waals surface area contributed by atoms with Gasteiger partial charge in [-0.15, -0.1) is 0 Å². The van der Waals surface area contributed by atoms with E-state index in [9.17, 15) is 14.4 Å². The number of nitrogens with one attached hydrogen (secondary N) is 1. The molecule has 8 heteroatoms. The van der Waals surface area contributed by atoms with Crippen molar-refractivity contribution in [3.05, 3.63) is 35.9 Å². The Morgan fingerprint density at radius 3 is 2.48 bits per heavy atom. The van der Waals surface area contributed by atoms with Gasteiger partial charge < -0.3 is 24.4 Å². The van der Waals surface area contributed by atoms with Crippen molar-refractivity contribution >= 4 is 18.0 Å². The lowest BCUT2D eigenvalue weighted by atomic mass is 10.1. The van der Waals surface area contributed by atoms with Crippen LogP contribution in [-0.2, 0) is 30.4 Å². The molecule has 1 fully saturated rings. The summed E-state index contributed by atoms with van der Waals surface area (Å²) in [4.78, 5) is 36.6. The lowest BCUT2D eigenvalue weighted by Crippen LogP contribution is -2.42.